The van der Waals surface area contributed by atoms with Crippen molar-refractivity contribution in [1.82, 2.24) is 10.2 Å². The average molecular weight is 330 g/mol. The van der Waals surface area contributed by atoms with Gasteiger partial charge < -0.3 is 19.7 Å². The second kappa shape index (κ2) is 7.05. The summed E-state index contributed by atoms with van der Waals surface area (Å²) in [6, 6.07) is 7.21. The smallest absolute Gasteiger partial charge is 0.258 e. The van der Waals surface area contributed by atoms with Crippen LogP contribution in [0.25, 0.3) is 0 Å². The first kappa shape index (κ1) is 16.5. The van der Waals surface area contributed by atoms with Gasteiger partial charge in [-0.3, -0.25) is 9.59 Å². The highest BCUT2D eigenvalue weighted by Gasteiger charge is 2.42. The Hall–Kier alpha value is -2.34. The topological polar surface area (TPSA) is 67.9 Å². The van der Waals surface area contributed by atoms with E-state index in [1.807, 2.05) is 12.1 Å². The third kappa shape index (κ3) is 3.43. The van der Waals surface area contributed by atoms with Crippen molar-refractivity contribution >= 4 is 11.8 Å². The van der Waals surface area contributed by atoms with Crippen molar-refractivity contribution in [3.8, 4) is 5.75 Å². The van der Waals surface area contributed by atoms with E-state index in [4.69, 9.17) is 9.47 Å². The molecule has 0 aliphatic carbocycles. The van der Waals surface area contributed by atoms with Gasteiger partial charge in [0.2, 0.25) is 5.91 Å². The summed E-state index contributed by atoms with van der Waals surface area (Å²) in [5.41, 5.74) is -0.00318. The summed E-state index contributed by atoms with van der Waals surface area (Å²) in [4.78, 5) is 26.6. The molecule has 1 N–H and O–H groups in total. The number of nitrogens with one attached hydrogen (secondary N) is 1. The van der Waals surface area contributed by atoms with Gasteiger partial charge in [0.25, 0.3) is 5.91 Å². The summed E-state index contributed by atoms with van der Waals surface area (Å²) in [5, 5.41) is 2.72. The van der Waals surface area contributed by atoms with Crippen molar-refractivity contribution in [3.63, 3.8) is 0 Å². The van der Waals surface area contributed by atoms with E-state index >= 15 is 0 Å². The second-order valence-electron chi connectivity index (χ2n) is 6.15. The van der Waals surface area contributed by atoms with Crippen molar-refractivity contribution in [3.05, 3.63) is 42.5 Å². The SMILES string of the molecule is C=CCNC(=O)CN1CC2(CCOCC2)Oc2ccccc2C1=O. The number of hydrogen-bond donors (Lipinski definition) is 1. The Balaban J connectivity index is 1.88. The normalized spacial score (nSPS) is 19.2. The van der Waals surface area contributed by atoms with Crippen LogP contribution in [-0.4, -0.2) is 55.2 Å². The molecule has 1 aromatic carbocycles. The molecule has 128 valence electrons. The van der Waals surface area contributed by atoms with Crippen LogP contribution in [-0.2, 0) is 9.53 Å². The van der Waals surface area contributed by atoms with Gasteiger partial charge in [0.15, 0.2) is 0 Å². The Kier molecular flexibility index (Phi) is 4.85. The minimum Gasteiger partial charge on any atom is -0.484 e. The number of carbonyl (C=O) groups excluding carboxylic acids is 2. The molecule has 2 amide bonds. The van der Waals surface area contributed by atoms with Crippen LogP contribution in [0, 0.1) is 0 Å². The van der Waals surface area contributed by atoms with Crippen LogP contribution >= 0.6 is 0 Å². The zero-order valence-corrected chi connectivity index (χ0v) is 13.6. The lowest BCUT2D eigenvalue weighted by Crippen LogP contribution is -2.52. The number of hydrogen-bond acceptors (Lipinski definition) is 4. The van der Waals surface area contributed by atoms with Gasteiger partial charge >= 0.3 is 0 Å². The Bertz CT molecular complexity index is 638. The molecule has 2 aliphatic heterocycles. The van der Waals surface area contributed by atoms with E-state index in [2.05, 4.69) is 11.9 Å². The van der Waals surface area contributed by atoms with Crippen LogP contribution < -0.4 is 10.1 Å². The second-order valence-corrected chi connectivity index (χ2v) is 6.15. The quantitative estimate of drug-likeness (QED) is 0.847. The number of benzene rings is 1. The lowest BCUT2D eigenvalue weighted by Gasteiger charge is -2.38. The van der Waals surface area contributed by atoms with Crippen LogP contribution in [0.4, 0.5) is 0 Å². The maximum absolute atomic E-state index is 12.9. The van der Waals surface area contributed by atoms with Crippen molar-refractivity contribution in [2.45, 2.75) is 18.4 Å². The predicted molar refractivity (Wildman–Crippen MR) is 89.0 cm³/mol. The highest BCUT2D eigenvalue weighted by atomic mass is 16.5. The standard InChI is InChI=1S/C18H22N2O4/c1-2-9-19-16(21)12-20-13-18(7-10-23-11-8-18)24-15-6-4-3-5-14(15)17(20)22/h2-6H,1,7-13H2,(H,19,21). The summed E-state index contributed by atoms with van der Waals surface area (Å²) in [6.07, 6.45) is 3.00. The van der Waals surface area contributed by atoms with Gasteiger partial charge in [0.05, 0.1) is 25.3 Å². The monoisotopic (exact) mass is 330 g/mol. The first-order valence-corrected chi connectivity index (χ1v) is 8.16. The van der Waals surface area contributed by atoms with Crippen molar-refractivity contribution in [2.75, 3.05) is 32.8 Å². The fraction of sp³-hybridized carbons (Fsp3) is 0.444. The summed E-state index contributed by atoms with van der Waals surface area (Å²) >= 11 is 0. The molecule has 6 nitrogen and oxygen atoms in total. The van der Waals surface area contributed by atoms with Crippen LogP contribution in [0.5, 0.6) is 5.75 Å². The molecule has 0 radical (unpaired) electrons. The van der Waals surface area contributed by atoms with Crippen LogP contribution in [0.3, 0.4) is 0 Å². The van der Waals surface area contributed by atoms with Gasteiger partial charge in [0.1, 0.15) is 17.9 Å². The zero-order valence-electron chi connectivity index (χ0n) is 13.6. The number of ether oxygens (including phenoxy) is 2. The van der Waals surface area contributed by atoms with Gasteiger partial charge in [-0.05, 0) is 12.1 Å². The number of fused-ring (bicyclic) bond motifs is 1. The molecule has 1 saturated heterocycles. The van der Waals surface area contributed by atoms with Crippen molar-refractivity contribution < 1.29 is 19.1 Å². The first-order valence-electron chi connectivity index (χ1n) is 8.16. The summed E-state index contributed by atoms with van der Waals surface area (Å²) < 4.78 is 11.7. The highest BCUT2D eigenvalue weighted by molar-refractivity contribution is 5.99. The highest BCUT2D eigenvalue weighted by Crippen LogP contribution is 2.34. The molecular formula is C18H22N2O4. The molecule has 0 saturated carbocycles. The Morgan fingerprint density at radius 2 is 2.08 bits per heavy atom. The van der Waals surface area contributed by atoms with Crippen LogP contribution in [0.1, 0.15) is 23.2 Å². The molecule has 1 fully saturated rings. The van der Waals surface area contributed by atoms with Gasteiger partial charge in [0, 0.05) is 19.4 Å². The van der Waals surface area contributed by atoms with Crippen LogP contribution in [0.2, 0.25) is 0 Å². The lowest BCUT2D eigenvalue weighted by molar-refractivity contribution is -0.122. The number of para-hydroxylation sites is 1. The minimum absolute atomic E-state index is 0.00692. The Morgan fingerprint density at radius 3 is 2.83 bits per heavy atom. The van der Waals surface area contributed by atoms with E-state index in [1.165, 1.54) is 0 Å². The molecule has 3 rings (SSSR count). The van der Waals surface area contributed by atoms with E-state index in [0.29, 0.717) is 50.5 Å². The van der Waals surface area contributed by atoms with Crippen LogP contribution in [0.15, 0.2) is 36.9 Å². The third-order valence-electron chi connectivity index (χ3n) is 4.39. The predicted octanol–water partition coefficient (Wildman–Crippen LogP) is 1.37. The molecule has 0 unspecified atom stereocenters. The van der Waals surface area contributed by atoms with Crippen molar-refractivity contribution in [2.24, 2.45) is 0 Å². The van der Waals surface area contributed by atoms with Gasteiger partial charge in [-0.25, -0.2) is 0 Å². The number of rotatable bonds is 4. The minimum atomic E-state index is -0.501. The zero-order chi connectivity index (χ0) is 17.0. The molecule has 6 heteroatoms. The number of amides is 2. The van der Waals surface area contributed by atoms with E-state index in [9.17, 15) is 9.59 Å². The Labute approximate surface area is 141 Å². The lowest BCUT2D eigenvalue weighted by atomic mass is 9.93. The molecule has 1 aromatic rings. The summed E-state index contributed by atoms with van der Waals surface area (Å²) in [7, 11) is 0. The molecule has 0 aromatic heterocycles. The third-order valence-corrected chi connectivity index (χ3v) is 4.39. The molecule has 0 bridgehead atoms. The largest absolute Gasteiger partial charge is 0.484 e. The molecule has 0 atom stereocenters. The fourth-order valence-corrected chi connectivity index (χ4v) is 3.13. The van der Waals surface area contributed by atoms with E-state index < -0.39 is 5.60 Å². The number of carbonyl (C=O) groups is 2. The average Bonchev–Trinajstić information content (AvgIpc) is 2.69. The molecular weight excluding hydrogens is 308 g/mol. The van der Waals surface area contributed by atoms with Gasteiger partial charge in [-0.15, -0.1) is 6.58 Å². The van der Waals surface area contributed by atoms with E-state index in [1.54, 1.807) is 23.1 Å². The van der Waals surface area contributed by atoms with E-state index in [0.717, 1.165) is 0 Å². The fourth-order valence-electron chi connectivity index (χ4n) is 3.13. The first-order chi connectivity index (χ1) is 11.6. The van der Waals surface area contributed by atoms with Gasteiger partial charge in [-0.1, -0.05) is 18.2 Å². The Morgan fingerprint density at radius 1 is 1.33 bits per heavy atom. The molecule has 1 spiro atoms. The van der Waals surface area contributed by atoms with E-state index in [-0.39, 0.29) is 18.4 Å². The summed E-state index contributed by atoms with van der Waals surface area (Å²) in [6.45, 7) is 5.53. The maximum atomic E-state index is 12.9. The molecule has 2 aliphatic rings. The maximum Gasteiger partial charge on any atom is 0.258 e. The summed E-state index contributed by atoms with van der Waals surface area (Å²) in [5.74, 6) is 0.200. The molecule has 24 heavy (non-hydrogen) atoms. The molecule has 2 heterocycles. The number of nitrogens with zero attached hydrogens (tertiary/aromatic N) is 1. The van der Waals surface area contributed by atoms with Gasteiger partial charge in [-0.2, -0.15) is 0 Å². The van der Waals surface area contributed by atoms with Crippen molar-refractivity contribution in [1.29, 1.82) is 0 Å².